The van der Waals surface area contributed by atoms with Crippen LogP contribution in [0.2, 0.25) is 0 Å². The lowest BCUT2D eigenvalue weighted by atomic mass is 9.71. The van der Waals surface area contributed by atoms with Crippen LogP contribution >= 0.6 is 0 Å². The summed E-state index contributed by atoms with van der Waals surface area (Å²) in [6, 6.07) is 3.14. The first-order valence-corrected chi connectivity index (χ1v) is 11.3. The van der Waals surface area contributed by atoms with Crippen molar-refractivity contribution in [2.75, 3.05) is 0 Å². The second-order valence-electron chi connectivity index (χ2n) is 9.11. The lowest BCUT2D eigenvalue weighted by Gasteiger charge is -2.35. The van der Waals surface area contributed by atoms with Gasteiger partial charge in [0.2, 0.25) is 0 Å². The molecule has 1 nitrogen and oxygen atoms in total. The van der Waals surface area contributed by atoms with Crippen molar-refractivity contribution in [2.45, 2.75) is 84.2 Å². The molecule has 1 fully saturated rings. The van der Waals surface area contributed by atoms with Crippen molar-refractivity contribution >= 4 is 0 Å². The van der Waals surface area contributed by atoms with E-state index in [4.69, 9.17) is 0 Å². The molecule has 1 saturated carbocycles. The number of aliphatic hydroxyl groups excluding tert-OH is 1. The Balaban J connectivity index is 1.49. The summed E-state index contributed by atoms with van der Waals surface area (Å²) >= 11 is 0. The summed E-state index contributed by atoms with van der Waals surface area (Å²) < 4.78 is 28.3. The molecule has 0 bridgehead atoms. The highest BCUT2D eigenvalue weighted by atomic mass is 19.2. The van der Waals surface area contributed by atoms with Gasteiger partial charge in [0.05, 0.1) is 6.10 Å². The van der Waals surface area contributed by atoms with Gasteiger partial charge in [-0.3, -0.25) is 0 Å². The van der Waals surface area contributed by atoms with E-state index in [9.17, 15) is 13.9 Å². The van der Waals surface area contributed by atoms with E-state index >= 15 is 0 Å². The third-order valence-corrected chi connectivity index (χ3v) is 7.12. The monoisotopic (exact) mass is 390 g/mol. The second-order valence-corrected chi connectivity index (χ2v) is 9.11. The van der Waals surface area contributed by atoms with Crippen molar-refractivity contribution in [2.24, 2.45) is 23.7 Å². The highest BCUT2D eigenvalue weighted by Gasteiger charge is 2.28. The number of aliphatic hydroxyl groups is 1. The maximum absolute atomic E-state index is 14.3. The Kier molecular flexibility index (Phi) is 7.68. The molecule has 2 aliphatic carbocycles. The Morgan fingerprint density at radius 1 is 0.964 bits per heavy atom. The largest absolute Gasteiger partial charge is 0.389 e. The molecule has 2 aliphatic rings. The minimum atomic E-state index is -0.987. The summed E-state index contributed by atoms with van der Waals surface area (Å²) in [4.78, 5) is 0. The fraction of sp³-hybridized carbons (Fsp3) is 0.680. The minimum Gasteiger partial charge on any atom is -0.389 e. The van der Waals surface area contributed by atoms with Gasteiger partial charge in [-0.2, -0.15) is 0 Å². The smallest absolute Gasteiger partial charge is 0.164 e. The molecular formula is C25H36F2O. The van der Waals surface area contributed by atoms with Gasteiger partial charge >= 0.3 is 0 Å². The number of hydrogen-bond acceptors (Lipinski definition) is 1. The third-order valence-electron chi connectivity index (χ3n) is 7.12. The molecule has 1 aromatic carbocycles. The summed E-state index contributed by atoms with van der Waals surface area (Å²) in [6.45, 7) is 3.74. The predicted molar refractivity (Wildman–Crippen MR) is 111 cm³/mol. The Morgan fingerprint density at radius 2 is 1.71 bits per heavy atom. The molecular weight excluding hydrogens is 354 g/mol. The predicted octanol–water partition coefficient (Wildman–Crippen LogP) is 7.14. The van der Waals surface area contributed by atoms with Gasteiger partial charge in [0, 0.05) is 5.56 Å². The van der Waals surface area contributed by atoms with Crippen molar-refractivity contribution in [3.05, 3.63) is 47.0 Å². The zero-order chi connectivity index (χ0) is 20.1. The molecule has 28 heavy (non-hydrogen) atoms. The van der Waals surface area contributed by atoms with Crippen LogP contribution in [0.1, 0.15) is 88.9 Å². The molecule has 1 aromatic rings. The molecule has 0 aliphatic heterocycles. The zero-order valence-corrected chi connectivity index (χ0v) is 17.5. The topological polar surface area (TPSA) is 20.2 Å². The van der Waals surface area contributed by atoms with Crippen LogP contribution in [0.15, 0.2) is 24.3 Å². The highest BCUT2D eigenvalue weighted by molar-refractivity contribution is 5.28. The average molecular weight is 391 g/mol. The molecule has 0 heterocycles. The van der Waals surface area contributed by atoms with Gasteiger partial charge in [-0.1, -0.05) is 56.9 Å². The van der Waals surface area contributed by atoms with E-state index in [-0.39, 0.29) is 5.56 Å². The van der Waals surface area contributed by atoms with Gasteiger partial charge in [-0.05, 0) is 74.7 Å². The Bertz CT molecular complexity index is 659. The summed E-state index contributed by atoms with van der Waals surface area (Å²) in [5.74, 6) is 1.30. The van der Waals surface area contributed by atoms with E-state index in [0.29, 0.717) is 17.9 Å². The number of halogens is 2. The van der Waals surface area contributed by atoms with Gasteiger partial charge < -0.3 is 5.11 Å². The molecule has 3 unspecified atom stereocenters. The standard InChI is InChI=1S/C25H36F2O/c1-3-4-18-5-10-20(11-6-18)21-12-7-19(8-13-21)9-14-22-15-16-23(17(2)28)25(27)24(22)26/h7,12,15-21,28H,3-6,8-11,13-14H2,1-2H3. The maximum Gasteiger partial charge on any atom is 0.164 e. The number of rotatable bonds is 7. The van der Waals surface area contributed by atoms with E-state index in [1.165, 1.54) is 57.9 Å². The molecule has 0 radical (unpaired) electrons. The lowest BCUT2D eigenvalue weighted by Crippen LogP contribution is -2.23. The van der Waals surface area contributed by atoms with Crippen LogP contribution in [0.3, 0.4) is 0 Å². The van der Waals surface area contributed by atoms with Crippen LogP contribution in [-0.2, 0) is 6.42 Å². The molecule has 0 aromatic heterocycles. The lowest BCUT2D eigenvalue weighted by molar-refractivity contribution is 0.192. The van der Waals surface area contributed by atoms with E-state index < -0.39 is 17.7 Å². The van der Waals surface area contributed by atoms with Crippen LogP contribution in [0.4, 0.5) is 8.78 Å². The van der Waals surface area contributed by atoms with Gasteiger partial charge in [0.25, 0.3) is 0 Å². The summed E-state index contributed by atoms with van der Waals surface area (Å²) in [7, 11) is 0. The van der Waals surface area contributed by atoms with Crippen molar-refractivity contribution in [1.82, 2.24) is 0 Å². The van der Waals surface area contributed by atoms with Crippen LogP contribution < -0.4 is 0 Å². The summed E-state index contributed by atoms with van der Waals surface area (Å²) in [5.41, 5.74) is 0.460. The van der Waals surface area contributed by atoms with E-state index in [0.717, 1.165) is 30.6 Å². The minimum absolute atomic E-state index is 0.0373. The van der Waals surface area contributed by atoms with Gasteiger partial charge in [0.15, 0.2) is 11.6 Å². The first-order valence-electron chi connectivity index (χ1n) is 11.3. The molecule has 0 spiro atoms. The summed E-state index contributed by atoms with van der Waals surface area (Å²) in [5, 5.41) is 9.51. The quantitative estimate of drug-likeness (QED) is 0.491. The number of aryl methyl sites for hydroxylation is 1. The van der Waals surface area contributed by atoms with Crippen LogP contribution in [0.5, 0.6) is 0 Å². The third kappa shape index (κ3) is 5.23. The molecule has 3 rings (SSSR count). The van der Waals surface area contributed by atoms with Crippen LogP contribution in [0.25, 0.3) is 0 Å². The maximum atomic E-state index is 14.3. The average Bonchev–Trinajstić information content (AvgIpc) is 2.70. The van der Waals surface area contributed by atoms with Gasteiger partial charge in [-0.15, -0.1) is 0 Å². The Labute approximate surface area is 169 Å². The SMILES string of the molecule is CCCC1CCC(C2C=CC(CCc3ccc(C(C)O)c(F)c3F)CC2)CC1. The fourth-order valence-electron chi connectivity index (χ4n) is 5.31. The highest BCUT2D eigenvalue weighted by Crippen LogP contribution is 2.40. The van der Waals surface area contributed by atoms with Crippen LogP contribution in [-0.4, -0.2) is 5.11 Å². The Morgan fingerprint density at radius 3 is 2.32 bits per heavy atom. The Hall–Kier alpha value is -1.22. The number of allylic oxidation sites excluding steroid dienone is 2. The molecule has 3 atom stereocenters. The second kappa shape index (κ2) is 10.0. The normalized spacial score (nSPS) is 29.0. The van der Waals surface area contributed by atoms with Gasteiger partial charge in [-0.25, -0.2) is 8.78 Å². The number of hydrogen-bond donors (Lipinski definition) is 1. The van der Waals surface area contributed by atoms with Gasteiger partial charge in [0.1, 0.15) is 0 Å². The first-order chi connectivity index (χ1) is 13.5. The zero-order valence-electron chi connectivity index (χ0n) is 17.5. The molecule has 0 amide bonds. The summed E-state index contributed by atoms with van der Waals surface area (Å²) in [6.07, 6.45) is 15.8. The van der Waals surface area contributed by atoms with Crippen molar-refractivity contribution < 1.29 is 13.9 Å². The molecule has 156 valence electrons. The molecule has 1 N–H and O–H groups in total. The van der Waals surface area contributed by atoms with E-state index in [1.807, 2.05) is 0 Å². The van der Waals surface area contributed by atoms with Crippen LogP contribution in [0, 0.1) is 35.3 Å². The van der Waals surface area contributed by atoms with E-state index in [2.05, 4.69) is 19.1 Å². The van der Waals surface area contributed by atoms with Crippen molar-refractivity contribution in [1.29, 1.82) is 0 Å². The van der Waals surface area contributed by atoms with E-state index in [1.54, 1.807) is 6.07 Å². The molecule has 0 saturated heterocycles. The molecule has 3 heteroatoms. The fourth-order valence-corrected chi connectivity index (χ4v) is 5.31. The van der Waals surface area contributed by atoms with Crippen molar-refractivity contribution in [3.8, 4) is 0 Å². The first kappa shape index (κ1) is 21.5. The van der Waals surface area contributed by atoms with Crippen molar-refractivity contribution in [3.63, 3.8) is 0 Å². The number of benzene rings is 1.